The van der Waals surface area contributed by atoms with Gasteiger partial charge >= 0.3 is 0 Å². The van der Waals surface area contributed by atoms with Gasteiger partial charge in [-0.05, 0) is 17.7 Å². The minimum absolute atomic E-state index is 0.0590. The van der Waals surface area contributed by atoms with Gasteiger partial charge in [0.2, 0.25) is 5.96 Å². The van der Waals surface area contributed by atoms with Crippen LogP contribution in [0.1, 0.15) is 5.56 Å². The van der Waals surface area contributed by atoms with Crippen LogP contribution in [-0.2, 0) is 0 Å². The van der Waals surface area contributed by atoms with E-state index in [1.54, 1.807) is 18.7 Å². The van der Waals surface area contributed by atoms with Gasteiger partial charge in [0.1, 0.15) is 0 Å². The zero-order valence-electron chi connectivity index (χ0n) is 9.06. The Hall–Kier alpha value is -2.63. The Bertz CT molecular complexity index is 520. The molecule has 0 aliphatic heterocycles. The topological polar surface area (TPSA) is 94.6 Å². The van der Waals surface area contributed by atoms with Gasteiger partial charge in [0.05, 0.1) is 12.5 Å². The van der Waals surface area contributed by atoms with Crippen LogP contribution in [0.15, 0.2) is 53.2 Å². The Kier molecular flexibility index (Phi) is 3.15. The Morgan fingerprint density at radius 2 is 2.00 bits per heavy atom. The summed E-state index contributed by atoms with van der Waals surface area (Å²) >= 11 is 0. The van der Waals surface area contributed by atoms with E-state index in [1.165, 1.54) is 0 Å². The summed E-state index contributed by atoms with van der Waals surface area (Å²) in [6.45, 7) is 0. The van der Waals surface area contributed by atoms with E-state index in [4.69, 9.17) is 11.5 Å². The number of benzene rings is 1. The van der Waals surface area contributed by atoms with Gasteiger partial charge in [0, 0.05) is 18.1 Å². The molecule has 0 spiro atoms. The molecule has 2 aromatic rings. The van der Waals surface area contributed by atoms with E-state index in [2.05, 4.69) is 15.2 Å². The third-order valence-corrected chi connectivity index (χ3v) is 2.08. The average molecular weight is 228 g/mol. The fourth-order valence-electron chi connectivity index (χ4n) is 1.31. The minimum Gasteiger partial charge on any atom is -0.369 e. The molecule has 6 heteroatoms. The van der Waals surface area contributed by atoms with Crippen LogP contribution in [-0.4, -0.2) is 21.7 Å². The summed E-state index contributed by atoms with van der Waals surface area (Å²) < 4.78 is 1.91. The second-order valence-corrected chi connectivity index (χ2v) is 3.33. The molecule has 0 amide bonds. The molecule has 86 valence electrons. The molecule has 0 aliphatic rings. The highest BCUT2D eigenvalue weighted by Crippen LogP contribution is 2.07. The molecule has 4 N–H and O–H groups in total. The molecule has 0 radical (unpaired) electrons. The van der Waals surface area contributed by atoms with Crippen molar-refractivity contribution in [2.75, 3.05) is 0 Å². The Morgan fingerprint density at radius 1 is 1.24 bits per heavy atom. The van der Waals surface area contributed by atoms with Crippen LogP contribution < -0.4 is 11.5 Å². The van der Waals surface area contributed by atoms with Gasteiger partial charge in [-0.3, -0.25) is 0 Å². The van der Waals surface area contributed by atoms with Gasteiger partial charge < -0.3 is 16.0 Å². The lowest BCUT2D eigenvalue weighted by Gasteiger charge is -2.01. The number of aromatic nitrogens is 2. The van der Waals surface area contributed by atoms with E-state index in [0.29, 0.717) is 0 Å². The summed E-state index contributed by atoms with van der Waals surface area (Å²) in [4.78, 5) is 3.98. The van der Waals surface area contributed by atoms with Crippen LogP contribution >= 0.6 is 0 Å². The minimum atomic E-state index is -0.0590. The lowest BCUT2D eigenvalue weighted by molar-refractivity contribution is 1.06. The lowest BCUT2D eigenvalue weighted by Crippen LogP contribution is -2.21. The standard InChI is InChI=1S/C11H12N6/c12-11(13)16-15-7-9-1-3-10(4-2-9)17-6-5-14-8-17/h1-8H,(H4,12,13,16). The first-order chi connectivity index (χ1) is 8.25. The molecule has 2 rings (SSSR count). The van der Waals surface area contributed by atoms with Crippen LogP contribution in [0.4, 0.5) is 0 Å². The number of hydrogen-bond acceptors (Lipinski definition) is 3. The second kappa shape index (κ2) is 4.93. The summed E-state index contributed by atoms with van der Waals surface area (Å²) in [5.74, 6) is -0.0590. The zero-order valence-corrected chi connectivity index (χ0v) is 9.06. The molecule has 6 nitrogen and oxygen atoms in total. The number of imidazole rings is 1. The smallest absolute Gasteiger partial charge is 0.211 e. The molecule has 17 heavy (non-hydrogen) atoms. The predicted molar refractivity (Wildman–Crippen MR) is 67.0 cm³/mol. The molecule has 1 aromatic heterocycles. The molecule has 0 saturated heterocycles. The van der Waals surface area contributed by atoms with Gasteiger partial charge in [0.15, 0.2) is 0 Å². The first-order valence-corrected chi connectivity index (χ1v) is 4.96. The highest BCUT2D eigenvalue weighted by Gasteiger charge is 1.94. The van der Waals surface area contributed by atoms with Crippen molar-refractivity contribution in [3.8, 4) is 5.69 Å². The quantitative estimate of drug-likeness (QED) is 0.454. The second-order valence-electron chi connectivity index (χ2n) is 3.33. The summed E-state index contributed by atoms with van der Waals surface area (Å²) in [6, 6.07) is 7.75. The van der Waals surface area contributed by atoms with E-state index in [1.807, 2.05) is 35.0 Å². The van der Waals surface area contributed by atoms with Gasteiger partial charge in [-0.25, -0.2) is 4.98 Å². The van der Waals surface area contributed by atoms with Crippen molar-refractivity contribution < 1.29 is 0 Å². The largest absolute Gasteiger partial charge is 0.369 e. The third-order valence-electron chi connectivity index (χ3n) is 2.08. The number of nitrogens with zero attached hydrogens (tertiary/aromatic N) is 4. The number of hydrogen-bond donors (Lipinski definition) is 2. The van der Waals surface area contributed by atoms with E-state index in [0.717, 1.165) is 11.3 Å². The Balaban J connectivity index is 2.14. The molecule has 0 saturated carbocycles. The maximum atomic E-state index is 5.15. The molecule has 1 aromatic carbocycles. The molecule has 0 aliphatic carbocycles. The summed E-state index contributed by atoms with van der Waals surface area (Å²) in [7, 11) is 0. The molecule has 1 heterocycles. The fourth-order valence-corrected chi connectivity index (χ4v) is 1.31. The highest BCUT2D eigenvalue weighted by molar-refractivity contribution is 5.81. The van der Waals surface area contributed by atoms with E-state index >= 15 is 0 Å². The molecule has 0 fully saturated rings. The van der Waals surface area contributed by atoms with Gasteiger partial charge in [0.25, 0.3) is 0 Å². The van der Waals surface area contributed by atoms with E-state index in [-0.39, 0.29) is 5.96 Å². The fraction of sp³-hybridized carbons (Fsp3) is 0. The Morgan fingerprint density at radius 3 is 2.59 bits per heavy atom. The van der Waals surface area contributed by atoms with Crippen LogP contribution in [0.3, 0.4) is 0 Å². The number of nitrogens with two attached hydrogens (primary N) is 2. The van der Waals surface area contributed by atoms with Crippen molar-refractivity contribution in [2.45, 2.75) is 0 Å². The summed E-state index contributed by atoms with van der Waals surface area (Å²) in [5.41, 5.74) is 12.2. The zero-order chi connectivity index (χ0) is 12.1. The number of guanidine groups is 1. The average Bonchev–Trinajstić information content (AvgIpc) is 2.83. The lowest BCUT2D eigenvalue weighted by atomic mass is 10.2. The van der Waals surface area contributed by atoms with Crippen LogP contribution in [0.5, 0.6) is 0 Å². The van der Waals surface area contributed by atoms with Crippen molar-refractivity contribution in [1.29, 1.82) is 0 Å². The normalized spacial score (nSPS) is 10.6. The monoisotopic (exact) mass is 228 g/mol. The van der Waals surface area contributed by atoms with Crippen molar-refractivity contribution in [3.05, 3.63) is 48.5 Å². The first kappa shape index (κ1) is 10.9. The maximum Gasteiger partial charge on any atom is 0.211 e. The molecular formula is C11H12N6. The van der Waals surface area contributed by atoms with Gasteiger partial charge in [-0.2, -0.15) is 5.10 Å². The van der Waals surface area contributed by atoms with Crippen molar-refractivity contribution in [1.82, 2.24) is 9.55 Å². The summed E-state index contributed by atoms with van der Waals surface area (Å²) in [6.07, 6.45) is 6.93. The van der Waals surface area contributed by atoms with Gasteiger partial charge in [-0.1, -0.05) is 12.1 Å². The van der Waals surface area contributed by atoms with Crippen LogP contribution in [0.2, 0.25) is 0 Å². The van der Waals surface area contributed by atoms with Crippen LogP contribution in [0, 0.1) is 0 Å². The molecular weight excluding hydrogens is 216 g/mol. The Labute approximate surface area is 98.3 Å². The SMILES string of the molecule is NC(N)=NN=Cc1ccc(-n2ccnc2)cc1. The highest BCUT2D eigenvalue weighted by atomic mass is 15.3. The predicted octanol–water partition coefficient (Wildman–Crippen LogP) is 0.480. The van der Waals surface area contributed by atoms with Crippen LogP contribution in [0.25, 0.3) is 5.69 Å². The van der Waals surface area contributed by atoms with Crippen molar-refractivity contribution in [3.63, 3.8) is 0 Å². The van der Waals surface area contributed by atoms with Crippen molar-refractivity contribution >= 4 is 12.2 Å². The maximum absolute atomic E-state index is 5.15. The van der Waals surface area contributed by atoms with E-state index < -0.39 is 0 Å². The number of rotatable bonds is 3. The van der Waals surface area contributed by atoms with Crippen molar-refractivity contribution in [2.24, 2.45) is 21.7 Å². The molecule has 0 unspecified atom stereocenters. The first-order valence-electron chi connectivity index (χ1n) is 4.96. The summed E-state index contributed by atoms with van der Waals surface area (Å²) in [5, 5.41) is 7.25. The third kappa shape index (κ3) is 2.91. The molecule has 0 atom stereocenters. The molecule has 0 bridgehead atoms. The van der Waals surface area contributed by atoms with E-state index in [9.17, 15) is 0 Å². The van der Waals surface area contributed by atoms with Gasteiger partial charge in [-0.15, -0.1) is 5.10 Å².